The molecule has 0 bridgehead atoms. The fourth-order valence-corrected chi connectivity index (χ4v) is 2.47. The molecule has 1 N–H and O–H groups in total. The first kappa shape index (κ1) is 17.5. The third-order valence-corrected chi connectivity index (χ3v) is 3.45. The van der Waals surface area contributed by atoms with Gasteiger partial charge in [-0.2, -0.15) is 5.26 Å². The van der Waals surface area contributed by atoms with Crippen LogP contribution in [0.4, 0.5) is 5.69 Å². The van der Waals surface area contributed by atoms with Gasteiger partial charge in [0, 0.05) is 24.3 Å². The molecule has 1 amide bonds. The van der Waals surface area contributed by atoms with Gasteiger partial charge in [-0.05, 0) is 55.9 Å². The average Bonchev–Trinajstić information content (AvgIpc) is 2.55. The van der Waals surface area contributed by atoms with Crippen molar-refractivity contribution in [2.75, 3.05) is 18.9 Å². The van der Waals surface area contributed by atoms with Crippen LogP contribution < -0.4 is 5.32 Å². The van der Waals surface area contributed by atoms with E-state index in [0.717, 1.165) is 24.2 Å². The van der Waals surface area contributed by atoms with Crippen LogP contribution in [0.25, 0.3) is 0 Å². The summed E-state index contributed by atoms with van der Waals surface area (Å²) in [7, 11) is 2.03. The van der Waals surface area contributed by atoms with Crippen LogP contribution in [0.5, 0.6) is 0 Å². The van der Waals surface area contributed by atoms with E-state index in [9.17, 15) is 4.79 Å². The molecule has 0 heterocycles. The van der Waals surface area contributed by atoms with E-state index < -0.39 is 0 Å². The highest BCUT2D eigenvalue weighted by atomic mass is 16.1. The van der Waals surface area contributed by atoms with E-state index in [-0.39, 0.29) is 5.91 Å². The highest BCUT2D eigenvalue weighted by Gasteiger charge is 2.08. The smallest absolute Gasteiger partial charge is 0.255 e. The van der Waals surface area contributed by atoms with Crippen molar-refractivity contribution in [3.8, 4) is 6.07 Å². The molecule has 122 valence electrons. The number of hydrogen-bond acceptors (Lipinski definition) is 3. The monoisotopic (exact) mass is 319 g/mol. The van der Waals surface area contributed by atoms with E-state index in [4.69, 9.17) is 5.26 Å². The zero-order valence-corrected chi connectivity index (χ0v) is 14.0. The molecule has 0 aliphatic heterocycles. The van der Waals surface area contributed by atoms with Crippen molar-refractivity contribution in [1.29, 1.82) is 5.26 Å². The van der Waals surface area contributed by atoms with E-state index in [0.29, 0.717) is 16.8 Å². The molecule has 2 aromatic carbocycles. The van der Waals surface area contributed by atoms with Gasteiger partial charge >= 0.3 is 0 Å². The van der Waals surface area contributed by atoms with Crippen LogP contribution in [-0.2, 0) is 6.54 Å². The van der Waals surface area contributed by atoms with E-state index in [1.54, 1.807) is 30.3 Å². The Hall–Kier alpha value is -2.90. The summed E-state index contributed by atoms with van der Waals surface area (Å²) in [6.07, 6.45) is 0. The minimum absolute atomic E-state index is 0.163. The molecule has 4 heteroatoms. The van der Waals surface area contributed by atoms with Gasteiger partial charge in [-0.1, -0.05) is 24.3 Å². The van der Waals surface area contributed by atoms with Crippen molar-refractivity contribution >= 4 is 11.6 Å². The number of amides is 1. The molecule has 0 atom stereocenters. The number of likely N-dealkylation sites (N-methyl/N-ethyl adjacent to an activating group) is 1. The molecule has 2 rings (SSSR count). The molecule has 0 saturated heterocycles. The van der Waals surface area contributed by atoms with Gasteiger partial charge in [0.1, 0.15) is 0 Å². The van der Waals surface area contributed by atoms with Gasteiger partial charge in [0.05, 0.1) is 11.6 Å². The lowest BCUT2D eigenvalue weighted by molar-refractivity contribution is 0.102. The van der Waals surface area contributed by atoms with Gasteiger partial charge in [0.15, 0.2) is 0 Å². The molecule has 4 nitrogen and oxygen atoms in total. The lowest BCUT2D eigenvalue weighted by Gasteiger charge is -2.17. The van der Waals surface area contributed by atoms with Crippen LogP contribution in [0.2, 0.25) is 0 Å². The maximum absolute atomic E-state index is 12.4. The highest BCUT2D eigenvalue weighted by Crippen LogP contribution is 2.13. The Morgan fingerprint density at radius 2 is 1.96 bits per heavy atom. The van der Waals surface area contributed by atoms with Crippen LogP contribution >= 0.6 is 0 Å². The summed E-state index contributed by atoms with van der Waals surface area (Å²) in [5.41, 5.74) is 4.03. The number of nitrogens with one attached hydrogen (secondary N) is 1. The van der Waals surface area contributed by atoms with Crippen molar-refractivity contribution < 1.29 is 4.79 Å². The summed E-state index contributed by atoms with van der Waals surface area (Å²) in [6.45, 7) is 7.49. The summed E-state index contributed by atoms with van der Waals surface area (Å²) in [5.74, 6) is -0.163. The molecule has 0 saturated carbocycles. The summed E-state index contributed by atoms with van der Waals surface area (Å²) < 4.78 is 0. The van der Waals surface area contributed by atoms with Gasteiger partial charge in [-0.3, -0.25) is 9.69 Å². The lowest BCUT2D eigenvalue weighted by Crippen LogP contribution is -2.20. The van der Waals surface area contributed by atoms with Crippen LogP contribution in [0.15, 0.2) is 60.7 Å². The van der Waals surface area contributed by atoms with E-state index in [1.165, 1.54) is 0 Å². The van der Waals surface area contributed by atoms with Crippen LogP contribution in [0, 0.1) is 11.3 Å². The number of anilines is 1. The minimum Gasteiger partial charge on any atom is -0.322 e. The topological polar surface area (TPSA) is 56.1 Å². The SMILES string of the molecule is C=C(C)CN(C)Cc1cccc(C(=O)Nc2ccc(C#N)cc2)c1. The molecule has 0 unspecified atom stereocenters. The molecule has 0 spiro atoms. The fourth-order valence-electron chi connectivity index (χ4n) is 2.47. The Morgan fingerprint density at radius 3 is 2.58 bits per heavy atom. The summed E-state index contributed by atoms with van der Waals surface area (Å²) >= 11 is 0. The third-order valence-electron chi connectivity index (χ3n) is 3.45. The quantitative estimate of drug-likeness (QED) is 0.824. The van der Waals surface area contributed by atoms with Gasteiger partial charge in [0.2, 0.25) is 0 Å². The Bertz CT molecular complexity index is 772. The molecule has 0 radical (unpaired) electrons. The molecular formula is C20H21N3O. The minimum atomic E-state index is -0.163. The molecular weight excluding hydrogens is 298 g/mol. The van der Waals surface area contributed by atoms with E-state index in [2.05, 4.69) is 22.9 Å². The first-order valence-corrected chi connectivity index (χ1v) is 7.71. The highest BCUT2D eigenvalue weighted by molar-refractivity contribution is 6.04. The largest absolute Gasteiger partial charge is 0.322 e. The van der Waals surface area contributed by atoms with Gasteiger partial charge in [-0.15, -0.1) is 0 Å². The van der Waals surface area contributed by atoms with Crippen molar-refractivity contribution in [3.63, 3.8) is 0 Å². The second-order valence-corrected chi connectivity index (χ2v) is 5.97. The summed E-state index contributed by atoms with van der Waals surface area (Å²) in [6, 6.07) is 16.4. The standard InChI is InChI=1S/C20H21N3O/c1-15(2)13-23(3)14-17-5-4-6-18(11-17)20(24)22-19-9-7-16(12-21)8-10-19/h4-11H,1,13-14H2,2-3H3,(H,22,24). The maximum Gasteiger partial charge on any atom is 0.255 e. The molecule has 2 aromatic rings. The average molecular weight is 319 g/mol. The maximum atomic E-state index is 12.4. The fraction of sp³-hybridized carbons (Fsp3) is 0.200. The van der Waals surface area contributed by atoms with E-state index >= 15 is 0 Å². The summed E-state index contributed by atoms with van der Waals surface area (Å²) in [4.78, 5) is 14.5. The number of carbonyl (C=O) groups is 1. The van der Waals surface area contributed by atoms with Crippen LogP contribution in [0.3, 0.4) is 0 Å². The first-order chi connectivity index (χ1) is 11.5. The molecule has 0 aromatic heterocycles. The van der Waals surface area contributed by atoms with Crippen molar-refractivity contribution in [2.24, 2.45) is 0 Å². The molecule has 0 aliphatic rings. The number of rotatable bonds is 6. The normalized spacial score (nSPS) is 10.2. The van der Waals surface area contributed by atoms with Crippen LogP contribution in [0.1, 0.15) is 28.4 Å². The Balaban J connectivity index is 2.05. The van der Waals surface area contributed by atoms with Crippen molar-refractivity contribution in [2.45, 2.75) is 13.5 Å². The number of benzene rings is 2. The third kappa shape index (κ3) is 5.08. The second kappa shape index (κ2) is 8.09. The predicted octanol–water partition coefficient (Wildman–Crippen LogP) is 3.82. The number of carbonyl (C=O) groups excluding carboxylic acids is 1. The zero-order valence-electron chi connectivity index (χ0n) is 14.0. The molecule has 0 fully saturated rings. The number of nitrogens with zero attached hydrogens (tertiary/aromatic N) is 2. The summed E-state index contributed by atoms with van der Waals surface area (Å²) in [5, 5.41) is 11.6. The second-order valence-electron chi connectivity index (χ2n) is 5.97. The van der Waals surface area contributed by atoms with Crippen molar-refractivity contribution in [3.05, 3.63) is 77.4 Å². The molecule has 24 heavy (non-hydrogen) atoms. The lowest BCUT2D eigenvalue weighted by atomic mass is 10.1. The Kier molecular flexibility index (Phi) is 5.89. The van der Waals surface area contributed by atoms with Gasteiger partial charge in [0.25, 0.3) is 5.91 Å². The predicted molar refractivity (Wildman–Crippen MR) is 96.7 cm³/mol. The zero-order chi connectivity index (χ0) is 17.5. The number of hydrogen-bond donors (Lipinski definition) is 1. The first-order valence-electron chi connectivity index (χ1n) is 7.71. The van der Waals surface area contributed by atoms with Crippen LogP contribution in [-0.4, -0.2) is 24.4 Å². The Labute approximate surface area is 143 Å². The number of nitriles is 1. The Morgan fingerprint density at radius 1 is 1.25 bits per heavy atom. The van der Waals surface area contributed by atoms with E-state index in [1.807, 2.05) is 32.2 Å². The van der Waals surface area contributed by atoms with Crippen molar-refractivity contribution in [1.82, 2.24) is 4.90 Å². The molecule has 0 aliphatic carbocycles. The van der Waals surface area contributed by atoms with Gasteiger partial charge in [-0.25, -0.2) is 0 Å². The van der Waals surface area contributed by atoms with Gasteiger partial charge < -0.3 is 5.32 Å².